The predicted molar refractivity (Wildman–Crippen MR) is 218 cm³/mol. The van der Waals surface area contributed by atoms with E-state index in [4.69, 9.17) is 19.4 Å². The van der Waals surface area contributed by atoms with Crippen LogP contribution in [0.4, 0.5) is 0 Å². The first-order chi connectivity index (χ1) is 28.2. The number of aryl methyl sites for hydroxylation is 1. The van der Waals surface area contributed by atoms with Crippen molar-refractivity contribution in [3.63, 3.8) is 0 Å². The summed E-state index contributed by atoms with van der Waals surface area (Å²) in [5, 5.41) is 12.0. The van der Waals surface area contributed by atoms with E-state index in [0.717, 1.165) is 31.9 Å². The van der Waals surface area contributed by atoms with Gasteiger partial charge in [0, 0.05) is 93.9 Å². The lowest BCUT2D eigenvalue weighted by molar-refractivity contribution is -0.204. The molecule has 0 aliphatic heterocycles. The van der Waals surface area contributed by atoms with E-state index >= 15 is 0 Å². The Morgan fingerprint density at radius 2 is 0.915 bits per heavy atom. The number of fused-ring (bicyclic) bond motifs is 3. The van der Waals surface area contributed by atoms with Gasteiger partial charge < -0.3 is 23.9 Å². The first kappa shape index (κ1) is 43.0. The first-order valence-electron chi connectivity index (χ1n) is 18.8. The maximum Gasteiger partial charge on any atom is 0.331 e. The molecule has 306 valence electrons. The van der Waals surface area contributed by atoms with Crippen LogP contribution >= 0.6 is 0 Å². The molecule has 0 saturated heterocycles. The number of aromatic nitrogens is 1. The standard InChI is InChI=1S/C44H45N5O10/c1-8-47-41-21-19-35(39(45-56-29(4)52)25-43(33-15-11-9-12-16-33)48(27(2)50)58-31(6)54)23-37(41)38-24-36(20-22-42(38)47)40(46-57-30(5)53)26-44(34-17-13-10-14-18-34)49(28(3)51)59-32(7)55/h9-24,43-44H,8,25-26H2,1-7H3/b45-39+,46-40+. The van der Waals surface area contributed by atoms with Crippen LogP contribution in [0.2, 0.25) is 0 Å². The number of carbonyl (C=O) groups is 6. The fraction of sp³-hybridized carbons (Fsp3) is 0.273. The Morgan fingerprint density at radius 3 is 1.22 bits per heavy atom. The smallest absolute Gasteiger partial charge is 0.331 e. The van der Waals surface area contributed by atoms with Crippen molar-refractivity contribution in [2.45, 2.75) is 79.9 Å². The largest absolute Gasteiger partial charge is 0.341 e. The Balaban J connectivity index is 1.69. The highest BCUT2D eigenvalue weighted by atomic mass is 16.7. The van der Waals surface area contributed by atoms with Crippen LogP contribution in [0.5, 0.6) is 0 Å². The van der Waals surface area contributed by atoms with E-state index in [1.165, 1.54) is 41.5 Å². The Labute approximate surface area is 340 Å². The van der Waals surface area contributed by atoms with Gasteiger partial charge in [0.2, 0.25) is 0 Å². The normalized spacial score (nSPS) is 12.7. The average Bonchev–Trinajstić information content (AvgIpc) is 3.52. The third-order valence-electron chi connectivity index (χ3n) is 9.20. The lowest BCUT2D eigenvalue weighted by atomic mass is 9.95. The third kappa shape index (κ3) is 10.6. The lowest BCUT2D eigenvalue weighted by Crippen LogP contribution is -2.36. The molecule has 5 aromatic rings. The molecule has 2 atom stereocenters. The van der Waals surface area contributed by atoms with E-state index in [0.29, 0.717) is 28.8 Å². The molecule has 0 radical (unpaired) electrons. The average molecular weight is 804 g/mol. The van der Waals surface area contributed by atoms with Crippen molar-refractivity contribution in [2.75, 3.05) is 0 Å². The Hall–Kier alpha value is -7.16. The number of rotatable bonds is 13. The summed E-state index contributed by atoms with van der Waals surface area (Å²) >= 11 is 0. The molecular weight excluding hydrogens is 759 g/mol. The number of benzene rings is 4. The number of oxime groups is 2. The first-order valence-corrected chi connectivity index (χ1v) is 18.8. The molecular formula is C44H45N5O10. The second kappa shape index (κ2) is 19.3. The quantitative estimate of drug-likeness (QED) is 0.0669. The van der Waals surface area contributed by atoms with Crippen LogP contribution in [0.3, 0.4) is 0 Å². The summed E-state index contributed by atoms with van der Waals surface area (Å²) in [7, 11) is 0. The minimum atomic E-state index is -0.856. The zero-order valence-corrected chi connectivity index (χ0v) is 33.8. The van der Waals surface area contributed by atoms with Crippen LogP contribution in [0.15, 0.2) is 107 Å². The highest BCUT2D eigenvalue weighted by molar-refractivity contribution is 6.14. The van der Waals surface area contributed by atoms with Crippen LogP contribution < -0.4 is 0 Å². The van der Waals surface area contributed by atoms with Crippen molar-refractivity contribution in [2.24, 2.45) is 10.3 Å². The van der Waals surface area contributed by atoms with Crippen molar-refractivity contribution in [3.05, 3.63) is 119 Å². The summed E-state index contributed by atoms with van der Waals surface area (Å²) in [6.45, 7) is 9.99. The van der Waals surface area contributed by atoms with Gasteiger partial charge in [-0.2, -0.15) is 10.1 Å². The molecule has 2 amide bonds. The fourth-order valence-electron chi connectivity index (χ4n) is 6.82. The fourth-order valence-corrected chi connectivity index (χ4v) is 6.82. The molecule has 15 nitrogen and oxygen atoms in total. The van der Waals surface area contributed by atoms with Gasteiger partial charge in [-0.3, -0.25) is 19.2 Å². The molecule has 1 aromatic heterocycles. The van der Waals surface area contributed by atoms with Crippen LogP contribution in [0.1, 0.15) is 95.6 Å². The van der Waals surface area contributed by atoms with Gasteiger partial charge in [0.25, 0.3) is 11.8 Å². The van der Waals surface area contributed by atoms with E-state index in [2.05, 4.69) is 14.9 Å². The van der Waals surface area contributed by atoms with Crippen molar-refractivity contribution in [3.8, 4) is 0 Å². The molecule has 2 unspecified atom stereocenters. The Kier molecular flexibility index (Phi) is 14.1. The number of nitrogens with zero attached hydrogens (tertiary/aromatic N) is 5. The summed E-state index contributed by atoms with van der Waals surface area (Å²) in [6, 6.07) is 27.4. The molecule has 5 rings (SSSR count). The van der Waals surface area contributed by atoms with Crippen molar-refractivity contribution >= 4 is 68.9 Å². The molecule has 0 aliphatic carbocycles. The van der Waals surface area contributed by atoms with Gasteiger partial charge in [0.1, 0.15) is 12.1 Å². The minimum absolute atomic E-state index is 0.0254. The van der Waals surface area contributed by atoms with E-state index in [1.54, 1.807) is 48.5 Å². The summed E-state index contributed by atoms with van der Waals surface area (Å²) in [6.07, 6.45) is -0.0508. The van der Waals surface area contributed by atoms with Gasteiger partial charge in [0.15, 0.2) is 0 Å². The van der Waals surface area contributed by atoms with E-state index < -0.39 is 47.8 Å². The number of carbonyl (C=O) groups excluding carboxylic acids is 6. The van der Waals surface area contributed by atoms with Crippen LogP contribution in [0, 0.1) is 0 Å². The maximum atomic E-state index is 12.9. The Bertz CT molecular complexity index is 2280. The van der Waals surface area contributed by atoms with Crippen LogP contribution in [-0.4, -0.2) is 61.8 Å². The van der Waals surface area contributed by atoms with Gasteiger partial charge in [-0.1, -0.05) is 83.1 Å². The second-order valence-corrected chi connectivity index (χ2v) is 13.6. The summed E-state index contributed by atoms with van der Waals surface area (Å²) in [4.78, 5) is 95.5. The van der Waals surface area contributed by atoms with E-state index in [1.807, 2.05) is 55.5 Å². The molecule has 0 spiro atoms. The lowest BCUT2D eigenvalue weighted by Gasteiger charge is -2.29. The monoisotopic (exact) mass is 803 g/mol. The molecule has 0 aliphatic rings. The highest BCUT2D eigenvalue weighted by Gasteiger charge is 2.31. The third-order valence-corrected chi connectivity index (χ3v) is 9.20. The van der Waals surface area contributed by atoms with Crippen molar-refractivity contribution in [1.82, 2.24) is 14.7 Å². The maximum absolute atomic E-state index is 12.9. The zero-order chi connectivity index (χ0) is 42.8. The molecule has 1 heterocycles. The Morgan fingerprint density at radius 1 is 0.542 bits per heavy atom. The SMILES string of the molecule is CCn1c2ccc(/C(CC(c3ccccc3)N(OC(C)=O)C(C)=O)=N/OC(C)=O)cc2c2cc(/C(CC(c3ccccc3)N(OC(C)=O)C(C)=O)=N/OC(C)=O)ccc21. The summed E-state index contributed by atoms with van der Waals surface area (Å²) < 4.78 is 2.11. The van der Waals surface area contributed by atoms with Gasteiger partial charge in [-0.15, -0.1) is 0 Å². The molecule has 59 heavy (non-hydrogen) atoms. The highest BCUT2D eigenvalue weighted by Crippen LogP contribution is 2.35. The molecule has 15 heteroatoms. The van der Waals surface area contributed by atoms with E-state index in [-0.39, 0.29) is 24.3 Å². The molecule has 0 saturated carbocycles. The summed E-state index contributed by atoms with van der Waals surface area (Å²) in [5.74, 6) is -3.79. The molecule has 0 bridgehead atoms. The number of hydrogen-bond acceptors (Lipinski definition) is 12. The van der Waals surface area contributed by atoms with Crippen LogP contribution in [-0.2, 0) is 54.7 Å². The van der Waals surface area contributed by atoms with Crippen LogP contribution in [0.25, 0.3) is 21.8 Å². The van der Waals surface area contributed by atoms with E-state index in [9.17, 15) is 28.8 Å². The minimum Gasteiger partial charge on any atom is -0.341 e. The number of amides is 2. The molecule has 4 aromatic carbocycles. The molecule has 0 fully saturated rings. The topological polar surface area (TPSA) is 175 Å². The summed E-state index contributed by atoms with van der Waals surface area (Å²) in [5.41, 5.74) is 4.64. The van der Waals surface area contributed by atoms with Crippen molar-refractivity contribution < 1.29 is 48.1 Å². The van der Waals surface area contributed by atoms with Gasteiger partial charge in [-0.05, 0) is 42.3 Å². The van der Waals surface area contributed by atoms with Gasteiger partial charge >= 0.3 is 23.9 Å². The van der Waals surface area contributed by atoms with Gasteiger partial charge in [-0.25, -0.2) is 9.59 Å². The second-order valence-electron chi connectivity index (χ2n) is 13.6. The van der Waals surface area contributed by atoms with Crippen molar-refractivity contribution in [1.29, 1.82) is 0 Å². The van der Waals surface area contributed by atoms with Gasteiger partial charge in [0.05, 0.1) is 11.4 Å². The molecule has 0 N–H and O–H groups in total. The number of hydrogen-bond donors (Lipinski definition) is 0. The zero-order valence-electron chi connectivity index (χ0n) is 33.8. The predicted octanol–water partition coefficient (Wildman–Crippen LogP) is 7.26. The number of hydroxylamine groups is 4.